The fraction of sp³-hybridized carbons (Fsp3) is 0.417. The third kappa shape index (κ3) is 9.45. The Hall–Kier alpha value is -2.02. The molecule has 0 saturated heterocycles. The van der Waals surface area contributed by atoms with Crippen LogP contribution in [0.1, 0.15) is 31.4 Å². The molecule has 12 heteroatoms. The van der Waals surface area contributed by atoms with Crippen molar-refractivity contribution in [2.45, 2.75) is 42.0 Å². The fourth-order valence-electron chi connectivity index (χ4n) is 2.95. The number of carbonyl (C=O) groups is 2. The number of ketones is 2. The average molecular weight is 665 g/mol. The number of alkyl halides is 3. The summed E-state index contributed by atoms with van der Waals surface area (Å²) in [4.78, 5) is 25.9. The van der Waals surface area contributed by atoms with Crippen LogP contribution < -0.4 is 28.9 Å². The molecule has 1 unspecified atom stereocenters. The highest BCUT2D eigenvalue weighted by Gasteiger charge is 2.50. The molecule has 8 nitrogen and oxygen atoms in total. The summed E-state index contributed by atoms with van der Waals surface area (Å²) in [5, 5.41) is 17.4. The van der Waals surface area contributed by atoms with Crippen molar-refractivity contribution in [3.8, 4) is 12.1 Å². The lowest BCUT2D eigenvalue weighted by Crippen LogP contribution is -3.09. The van der Waals surface area contributed by atoms with Crippen LogP contribution in [0.3, 0.4) is 0 Å². The summed E-state index contributed by atoms with van der Waals surface area (Å²) in [6.45, 7) is 8.78. The zero-order chi connectivity index (χ0) is 26.1. The molecule has 4 rings (SSSR count). The van der Waals surface area contributed by atoms with Gasteiger partial charge < -0.3 is 28.5 Å². The Morgan fingerprint density at radius 3 is 2.17 bits per heavy atom. The molecule has 0 radical (unpaired) electrons. The number of hydrogen-bond acceptors (Lipinski definition) is 5. The van der Waals surface area contributed by atoms with E-state index in [9.17, 15) is 9.59 Å². The van der Waals surface area contributed by atoms with Gasteiger partial charge in [-0.2, -0.15) is 10.5 Å². The Labute approximate surface area is 243 Å². The van der Waals surface area contributed by atoms with E-state index in [1.807, 2.05) is 17.0 Å². The van der Waals surface area contributed by atoms with Crippen molar-refractivity contribution >= 4 is 52.7 Å². The van der Waals surface area contributed by atoms with Crippen molar-refractivity contribution in [2.24, 2.45) is 0 Å². The Balaban J connectivity index is 0.000000291. The van der Waals surface area contributed by atoms with Crippen molar-refractivity contribution in [1.82, 2.24) is 9.55 Å². The molecule has 192 valence electrons. The molecule has 0 amide bonds. The normalized spacial score (nSPS) is 19.1. The van der Waals surface area contributed by atoms with Crippen molar-refractivity contribution < 1.29 is 43.0 Å². The maximum absolute atomic E-state index is 11.9. The van der Waals surface area contributed by atoms with Crippen LogP contribution in [0.5, 0.6) is 0 Å². The predicted molar refractivity (Wildman–Crippen MR) is 134 cm³/mol. The molecule has 2 aliphatic carbocycles. The lowest BCUT2D eigenvalue weighted by Gasteiger charge is -2.06. The van der Waals surface area contributed by atoms with Crippen LogP contribution in [0, 0.1) is 22.7 Å². The molecule has 36 heavy (non-hydrogen) atoms. The smallest absolute Gasteiger partial charge is 0.337 e. The first-order chi connectivity index (χ1) is 16.6. The third-order valence-corrected chi connectivity index (χ3v) is 6.78. The van der Waals surface area contributed by atoms with Gasteiger partial charge in [-0.25, -0.2) is 9.88 Å². The molecule has 1 aromatic rings. The molecule has 3 aliphatic rings. The molecule has 2 fully saturated rings. The number of allylic oxidation sites excluding steroid dienone is 2. The highest BCUT2D eigenvalue weighted by Crippen LogP contribution is 2.43. The fourth-order valence-corrected chi connectivity index (χ4v) is 3.59. The summed E-state index contributed by atoms with van der Waals surface area (Å²) in [5.41, 5.74) is 0.989. The lowest BCUT2D eigenvalue weighted by atomic mass is 10.2. The van der Waals surface area contributed by atoms with Crippen LogP contribution in [0.4, 0.5) is 0 Å². The van der Waals surface area contributed by atoms with E-state index in [2.05, 4.69) is 24.2 Å². The summed E-state index contributed by atoms with van der Waals surface area (Å²) in [6.07, 6.45) is 13.5. The van der Waals surface area contributed by atoms with E-state index in [-0.39, 0.29) is 48.0 Å². The minimum atomic E-state index is -0.646. The summed E-state index contributed by atoms with van der Waals surface area (Å²) in [6, 6.07) is 4.04. The Morgan fingerprint density at radius 1 is 1.14 bits per heavy atom. The monoisotopic (exact) mass is 663 g/mol. The lowest BCUT2D eigenvalue weighted by molar-refractivity contribution is -0.749. The number of quaternary nitrogens is 1. The van der Waals surface area contributed by atoms with Crippen LogP contribution in [-0.2, 0) is 16.1 Å². The number of nitrogens with one attached hydrogen (secondary N) is 1. The zero-order valence-electron chi connectivity index (χ0n) is 19.6. The van der Waals surface area contributed by atoms with E-state index in [1.165, 1.54) is 0 Å². The van der Waals surface area contributed by atoms with Gasteiger partial charge in [-0.15, -0.1) is 46.0 Å². The van der Waals surface area contributed by atoms with Crippen molar-refractivity contribution in [3.63, 3.8) is 0 Å². The molecule has 1 aromatic heterocycles. The highest BCUT2D eigenvalue weighted by molar-refractivity contribution is 6.42. The molecule has 1 aliphatic heterocycles. The molecule has 1 N–H and O–H groups in total. The quantitative estimate of drug-likeness (QED) is 0.163. The highest BCUT2D eigenvalue weighted by atomic mass is 127. The molecule has 1 atom stereocenters. The maximum atomic E-state index is 11.9. The Morgan fingerprint density at radius 2 is 1.75 bits per heavy atom. The third-order valence-electron chi connectivity index (χ3n) is 5.36. The van der Waals surface area contributed by atoms with Gasteiger partial charge in [-0.3, -0.25) is 9.59 Å². The van der Waals surface area contributed by atoms with Gasteiger partial charge in [0.1, 0.15) is 15.8 Å². The second kappa shape index (κ2) is 14.7. The van der Waals surface area contributed by atoms with Crippen LogP contribution in [-0.4, -0.2) is 60.7 Å². The topological polar surface area (TPSA) is 107 Å². The number of nitrogens with zero attached hydrogens (tertiary/aromatic N) is 5. The summed E-state index contributed by atoms with van der Waals surface area (Å²) in [5.74, 6) is 0.0524. The molecule has 0 aromatic carbocycles. The van der Waals surface area contributed by atoms with E-state index in [1.54, 1.807) is 35.4 Å². The van der Waals surface area contributed by atoms with Gasteiger partial charge in [0.25, 0.3) is 5.70 Å². The number of hydrogen-bond donors (Lipinski definition) is 1. The summed E-state index contributed by atoms with van der Waals surface area (Å²) < 4.78 is 3.65. The number of carbonyl (C=O) groups excluding carboxylic acids is 2. The molecular weight excluding hydrogens is 638 g/mol. The standard InChI is InChI=1S/C12H13ClN3O.C7H7N3.C5H6Cl2O.HI/c1-2-5-15-7-10(6-14)16(9-15)8-11(17)12(13)3-4-12;1-2-3-10-5-7(4-8)9-6-10;6-3-4(8)5(7)1-2-5;/h2,7,9H,1,3-5,8H2;2,5-6H,1,3H2;1-3H2;1H/q+1;;;. The van der Waals surface area contributed by atoms with Crippen LogP contribution in [0.25, 0.3) is 0 Å². The minimum absolute atomic E-state index is 0. The van der Waals surface area contributed by atoms with E-state index < -0.39 is 9.75 Å². The predicted octanol–water partition coefficient (Wildman–Crippen LogP) is -0.672. The van der Waals surface area contributed by atoms with Gasteiger partial charge in [0.2, 0.25) is 12.0 Å². The van der Waals surface area contributed by atoms with E-state index in [0.29, 0.717) is 24.5 Å². The molecule has 0 spiro atoms. The average Bonchev–Trinajstić information content (AvgIpc) is 3.69. The second-order valence-corrected chi connectivity index (χ2v) is 9.95. The minimum Gasteiger partial charge on any atom is -1.00 e. The molecule has 2 heterocycles. The molecule has 0 bridgehead atoms. The number of imidazole rings is 1. The zero-order valence-corrected chi connectivity index (χ0v) is 24.0. The second-order valence-electron chi connectivity index (χ2n) is 8.24. The van der Waals surface area contributed by atoms with Crippen LogP contribution in [0.2, 0.25) is 0 Å². The van der Waals surface area contributed by atoms with Gasteiger partial charge >= 0.3 is 6.34 Å². The van der Waals surface area contributed by atoms with Gasteiger partial charge in [-0.1, -0.05) is 12.7 Å². The Bertz CT molecular complexity index is 1120. The van der Waals surface area contributed by atoms with E-state index >= 15 is 0 Å². The number of nitriles is 2. The van der Waals surface area contributed by atoms with Crippen molar-refractivity contribution in [3.05, 3.63) is 55.4 Å². The Kier molecular flexibility index (Phi) is 13.0. The van der Waals surface area contributed by atoms with Gasteiger partial charge in [0.05, 0.1) is 12.2 Å². The van der Waals surface area contributed by atoms with Gasteiger partial charge in [0, 0.05) is 12.7 Å². The first kappa shape index (κ1) is 32.0. The maximum Gasteiger partial charge on any atom is 0.337 e. The van der Waals surface area contributed by atoms with Gasteiger partial charge in [-0.05, 0) is 31.8 Å². The molecular formula is C24H27Cl3IN6O2+. The largest absolute Gasteiger partial charge is 1.00 e. The number of Topliss-reactive ketones (excluding diaryl/α,β-unsaturated/α-hetero) is 2. The van der Waals surface area contributed by atoms with Crippen LogP contribution in [0.15, 0.2) is 49.7 Å². The number of rotatable bonds is 9. The summed E-state index contributed by atoms with van der Waals surface area (Å²) in [7, 11) is 0. The van der Waals surface area contributed by atoms with E-state index in [0.717, 1.165) is 30.6 Å². The number of aromatic nitrogens is 2. The first-order valence-electron chi connectivity index (χ1n) is 10.9. The van der Waals surface area contributed by atoms with Crippen molar-refractivity contribution in [1.29, 1.82) is 10.5 Å². The van der Waals surface area contributed by atoms with Crippen LogP contribution >= 0.6 is 34.8 Å². The molecule has 2 saturated carbocycles. The van der Waals surface area contributed by atoms with Gasteiger partial charge in [0.15, 0.2) is 30.6 Å². The number of halogens is 4. The first-order valence-corrected chi connectivity index (χ1v) is 12.2. The summed E-state index contributed by atoms with van der Waals surface area (Å²) >= 11 is 17.0. The van der Waals surface area contributed by atoms with E-state index in [4.69, 9.17) is 45.3 Å². The van der Waals surface area contributed by atoms with Crippen molar-refractivity contribution in [2.75, 3.05) is 19.0 Å². The SMILES string of the molecule is C=CC[N+]1=C[NH+](CC(=O)C2(Cl)CC2)C(C#N)=C1.C=CCn1cnc(C#N)c1.O=C(CCl)C1(Cl)CC1.[I-].